The zero-order chi connectivity index (χ0) is 13.3. The van der Waals surface area contributed by atoms with Crippen molar-refractivity contribution in [2.45, 2.75) is 33.7 Å². The molecule has 0 aliphatic heterocycles. The first kappa shape index (κ1) is 13.4. The molecule has 1 heterocycles. The molecule has 0 saturated heterocycles. The maximum atomic E-state index is 6.24. The molecule has 0 saturated carbocycles. The van der Waals surface area contributed by atoms with Crippen molar-refractivity contribution in [3.63, 3.8) is 0 Å². The van der Waals surface area contributed by atoms with E-state index in [-0.39, 0.29) is 0 Å². The smallest absolute Gasteiger partial charge is 0.153 e. The molecule has 0 amide bonds. The highest BCUT2D eigenvalue weighted by Crippen LogP contribution is 2.35. The number of nitrogens with one attached hydrogen (secondary N) is 1. The second-order valence-electron chi connectivity index (χ2n) is 5.20. The van der Waals surface area contributed by atoms with E-state index in [2.05, 4.69) is 32.2 Å². The maximum Gasteiger partial charge on any atom is 0.153 e. The fraction of sp³-hybridized carbons (Fsp3) is 0.467. The van der Waals surface area contributed by atoms with E-state index in [1.165, 1.54) is 16.5 Å². The lowest BCUT2D eigenvalue weighted by Crippen LogP contribution is -2.07. The zero-order valence-corrected chi connectivity index (χ0v) is 12.2. The van der Waals surface area contributed by atoms with Crippen LogP contribution in [0.15, 0.2) is 16.5 Å². The predicted octanol–water partition coefficient (Wildman–Crippen LogP) is 4.31. The van der Waals surface area contributed by atoms with Crippen LogP contribution in [0.25, 0.3) is 11.0 Å². The summed E-state index contributed by atoms with van der Waals surface area (Å²) in [6, 6.07) is 3.97. The van der Waals surface area contributed by atoms with E-state index >= 15 is 0 Å². The minimum Gasteiger partial charge on any atom is -0.458 e. The Morgan fingerprint density at radius 1 is 1.33 bits per heavy atom. The average molecular weight is 266 g/mol. The third kappa shape index (κ3) is 2.40. The number of rotatable bonds is 4. The molecular weight excluding hydrogens is 246 g/mol. The molecule has 1 aromatic carbocycles. The largest absolute Gasteiger partial charge is 0.458 e. The van der Waals surface area contributed by atoms with Crippen molar-refractivity contribution in [3.8, 4) is 0 Å². The molecule has 3 heteroatoms. The molecule has 0 fully saturated rings. The summed E-state index contributed by atoms with van der Waals surface area (Å²) in [6.45, 7) is 7.30. The number of hydrogen-bond donors (Lipinski definition) is 1. The molecule has 98 valence electrons. The molecule has 0 aliphatic carbocycles. The van der Waals surface area contributed by atoms with Crippen molar-refractivity contribution in [1.82, 2.24) is 5.32 Å². The van der Waals surface area contributed by atoms with Crippen molar-refractivity contribution in [1.29, 1.82) is 0 Å². The molecule has 0 radical (unpaired) electrons. The lowest BCUT2D eigenvalue weighted by atomic mass is 9.97. The van der Waals surface area contributed by atoms with Gasteiger partial charge < -0.3 is 9.73 Å². The van der Waals surface area contributed by atoms with Crippen molar-refractivity contribution in [2.75, 3.05) is 7.05 Å². The molecule has 2 nitrogen and oxygen atoms in total. The third-order valence-electron chi connectivity index (χ3n) is 3.13. The quantitative estimate of drug-likeness (QED) is 0.891. The van der Waals surface area contributed by atoms with Gasteiger partial charge in [-0.05, 0) is 37.9 Å². The van der Waals surface area contributed by atoms with Crippen molar-refractivity contribution < 1.29 is 4.42 Å². The number of benzene rings is 1. The highest BCUT2D eigenvalue weighted by Gasteiger charge is 2.18. The first-order valence-electron chi connectivity index (χ1n) is 6.38. The van der Waals surface area contributed by atoms with Crippen LogP contribution >= 0.6 is 11.6 Å². The van der Waals surface area contributed by atoms with Gasteiger partial charge in [-0.2, -0.15) is 0 Å². The summed E-state index contributed by atoms with van der Waals surface area (Å²) < 4.78 is 5.96. The van der Waals surface area contributed by atoms with E-state index < -0.39 is 0 Å². The number of halogens is 1. The van der Waals surface area contributed by atoms with Crippen molar-refractivity contribution in [3.05, 3.63) is 34.0 Å². The standard InChI is InChI=1S/C15H20ClNO/c1-9(2)7-11-13(8-17-4)18-15-12(16)6-5-10(3)14(11)15/h5-6,9,17H,7-8H2,1-4H3. The molecule has 2 aromatic rings. The predicted molar refractivity (Wildman–Crippen MR) is 77.3 cm³/mol. The van der Waals surface area contributed by atoms with Gasteiger partial charge in [0.2, 0.25) is 0 Å². The van der Waals surface area contributed by atoms with Gasteiger partial charge >= 0.3 is 0 Å². The minimum atomic E-state index is 0.597. The zero-order valence-electron chi connectivity index (χ0n) is 11.4. The maximum absolute atomic E-state index is 6.24. The Morgan fingerprint density at radius 3 is 2.67 bits per heavy atom. The van der Waals surface area contributed by atoms with E-state index in [0.29, 0.717) is 10.9 Å². The van der Waals surface area contributed by atoms with Gasteiger partial charge in [0, 0.05) is 10.9 Å². The Balaban J connectivity index is 2.68. The van der Waals surface area contributed by atoms with Gasteiger partial charge in [0.1, 0.15) is 5.76 Å². The normalized spacial score (nSPS) is 11.7. The minimum absolute atomic E-state index is 0.597. The number of aryl methyl sites for hydroxylation is 1. The van der Waals surface area contributed by atoms with Gasteiger partial charge in [-0.15, -0.1) is 0 Å². The molecule has 1 N–H and O–H groups in total. The van der Waals surface area contributed by atoms with Crippen LogP contribution in [0.5, 0.6) is 0 Å². The lowest BCUT2D eigenvalue weighted by Gasteiger charge is -2.07. The van der Waals surface area contributed by atoms with Crippen LogP contribution in [-0.4, -0.2) is 7.05 Å². The topological polar surface area (TPSA) is 25.2 Å². The van der Waals surface area contributed by atoms with E-state index in [4.69, 9.17) is 16.0 Å². The van der Waals surface area contributed by atoms with Crippen LogP contribution < -0.4 is 5.32 Å². The van der Waals surface area contributed by atoms with Crippen LogP contribution in [0.2, 0.25) is 5.02 Å². The Labute approximate surface area is 113 Å². The van der Waals surface area contributed by atoms with Gasteiger partial charge in [0.15, 0.2) is 5.58 Å². The summed E-state index contributed by atoms with van der Waals surface area (Å²) in [5.74, 6) is 1.61. The summed E-state index contributed by atoms with van der Waals surface area (Å²) in [4.78, 5) is 0. The molecule has 0 atom stereocenters. The van der Waals surface area contributed by atoms with Crippen LogP contribution in [0.1, 0.15) is 30.7 Å². The Morgan fingerprint density at radius 2 is 2.06 bits per heavy atom. The van der Waals surface area contributed by atoms with Gasteiger partial charge in [-0.3, -0.25) is 0 Å². The highest BCUT2D eigenvalue weighted by molar-refractivity contribution is 6.35. The SMILES string of the molecule is CNCc1oc2c(Cl)ccc(C)c2c1CC(C)C. The van der Waals surface area contributed by atoms with E-state index in [0.717, 1.165) is 24.3 Å². The molecule has 1 aromatic heterocycles. The lowest BCUT2D eigenvalue weighted by molar-refractivity contribution is 0.516. The highest BCUT2D eigenvalue weighted by atomic mass is 35.5. The van der Waals surface area contributed by atoms with Gasteiger partial charge in [-0.1, -0.05) is 31.5 Å². The van der Waals surface area contributed by atoms with Crippen molar-refractivity contribution in [2.24, 2.45) is 5.92 Å². The fourth-order valence-electron chi connectivity index (χ4n) is 2.38. The van der Waals surface area contributed by atoms with E-state index in [1.807, 2.05) is 13.1 Å². The second kappa shape index (κ2) is 5.33. The first-order chi connectivity index (χ1) is 8.54. The molecular formula is C15H20ClNO. The molecule has 0 aliphatic rings. The van der Waals surface area contributed by atoms with Gasteiger partial charge in [0.25, 0.3) is 0 Å². The molecule has 0 bridgehead atoms. The van der Waals surface area contributed by atoms with Crippen LogP contribution in [0.3, 0.4) is 0 Å². The third-order valence-corrected chi connectivity index (χ3v) is 3.43. The Bertz CT molecular complexity index is 557. The molecule has 0 unspecified atom stereocenters. The van der Waals surface area contributed by atoms with E-state index in [9.17, 15) is 0 Å². The fourth-order valence-corrected chi connectivity index (χ4v) is 2.58. The summed E-state index contributed by atoms with van der Waals surface area (Å²) >= 11 is 6.24. The van der Waals surface area contributed by atoms with Gasteiger partial charge in [0.05, 0.1) is 11.6 Å². The Hall–Kier alpha value is -0.990. The summed E-state index contributed by atoms with van der Waals surface area (Å²) in [7, 11) is 1.93. The molecule has 0 spiro atoms. The number of fused-ring (bicyclic) bond motifs is 1. The number of hydrogen-bond acceptors (Lipinski definition) is 2. The van der Waals surface area contributed by atoms with E-state index in [1.54, 1.807) is 0 Å². The van der Waals surface area contributed by atoms with Gasteiger partial charge in [-0.25, -0.2) is 0 Å². The Kier molecular flexibility index (Phi) is 3.98. The second-order valence-corrected chi connectivity index (χ2v) is 5.61. The monoisotopic (exact) mass is 265 g/mol. The molecule has 18 heavy (non-hydrogen) atoms. The summed E-state index contributed by atoms with van der Waals surface area (Å²) in [6.07, 6.45) is 1.02. The summed E-state index contributed by atoms with van der Waals surface area (Å²) in [5, 5.41) is 5.05. The first-order valence-corrected chi connectivity index (χ1v) is 6.76. The van der Waals surface area contributed by atoms with Crippen LogP contribution in [0, 0.1) is 12.8 Å². The van der Waals surface area contributed by atoms with Crippen LogP contribution in [-0.2, 0) is 13.0 Å². The molecule has 2 rings (SSSR count). The summed E-state index contributed by atoms with van der Waals surface area (Å²) in [5.41, 5.74) is 3.36. The average Bonchev–Trinajstić information content (AvgIpc) is 2.64. The van der Waals surface area contributed by atoms with Crippen molar-refractivity contribution >= 4 is 22.6 Å². The van der Waals surface area contributed by atoms with Crippen LogP contribution in [0.4, 0.5) is 0 Å². The number of furan rings is 1.